The summed E-state index contributed by atoms with van der Waals surface area (Å²) in [6, 6.07) is 14.1. The third-order valence-electron chi connectivity index (χ3n) is 4.75. The molecule has 2 aromatic carbocycles. The number of halogens is 1. The molecule has 0 radical (unpaired) electrons. The number of carbonyl (C=O) groups excluding carboxylic acids is 1. The Labute approximate surface area is 162 Å². The van der Waals surface area contributed by atoms with E-state index in [0.29, 0.717) is 54.4 Å². The number of rotatable bonds is 4. The first-order valence-electron chi connectivity index (χ1n) is 9.07. The number of ether oxygens (including phenoxy) is 3. The molecule has 0 spiro atoms. The van der Waals surface area contributed by atoms with Gasteiger partial charge in [-0.1, -0.05) is 36.4 Å². The Kier molecular flexibility index (Phi) is 5.12. The summed E-state index contributed by atoms with van der Waals surface area (Å²) in [6.07, 6.45) is 1.61. The van der Waals surface area contributed by atoms with E-state index in [1.807, 2.05) is 35.2 Å². The van der Waals surface area contributed by atoms with Gasteiger partial charge in [0.1, 0.15) is 11.4 Å². The topological polar surface area (TPSA) is 48.0 Å². The predicted molar refractivity (Wildman–Crippen MR) is 104 cm³/mol. The van der Waals surface area contributed by atoms with Gasteiger partial charge in [-0.3, -0.25) is 0 Å². The second-order valence-electron chi connectivity index (χ2n) is 6.48. The number of anilines is 1. The lowest BCUT2D eigenvalue weighted by Crippen LogP contribution is -2.36. The average molecular weight is 381 g/mol. The highest BCUT2D eigenvalue weighted by atomic mass is 19.1. The fourth-order valence-corrected chi connectivity index (χ4v) is 3.39. The molecule has 0 N–H and O–H groups in total. The van der Waals surface area contributed by atoms with Crippen molar-refractivity contribution in [1.29, 1.82) is 0 Å². The van der Waals surface area contributed by atoms with Crippen LogP contribution in [0.4, 0.5) is 10.1 Å². The lowest BCUT2D eigenvalue weighted by Gasteiger charge is -2.29. The number of cyclic esters (lactones) is 1. The molecule has 28 heavy (non-hydrogen) atoms. The molecule has 1 fully saturated rings. The Balaban J connectivity index is 1.66. The number of nitrogens with zero attached hydrogens (tertiary/aromatic N) is 1. The summed E-state index contributed by atoms with van der Waals surface area (Å²) in [4.78, 5) is 14.3. The number of hydrogen-bond acceptors (Lipinski definition) is 5. The largest absolute Gasteiger partial charge is 0.492 e. The van der Waals surface area contributed by atoms with E-state index < -0.39 is 5.97 Å². The minimum atomic E-state index is -0.486. The summed E-state index contributed by atoms with van der Waals surface area (Å²) in [5, 5.41) is 0. The van der Waals surface area contributed by atoms with Gasteiger partial charge in [-0.05, 0) is 29.3 Å². The van der Waals surface area contributed by atoms with Gasteiger partial charge in [0.2, 0.25) is 0 Å². The van der Waals surface area contributed by atoms with Crippen LogP contribution < -0.4 is 4.90 Å². The van der Waals surface area contributed by atoms with Gasteiger partial charge in [0.25, 0.3) is 0 Å². The Morgan fingerprint density at radius 3 is 2.54 bits per heavy atom. The highest BCUT2D eigenvalue weighted by Gasteiger charge is 2.32. The second kappa shape index (κ2) is 7.86. The molecule has 2 aliphatic rings. The van der Waals surface area contributed by atoms with E-state index in [1.54, 1.807) is 18.2 Å². The van der Waals surface area contributed by atoms with Gasteiger partial charge in [-0.25, -0.2) is 9.18 Å². The van der Waals surface area contributed by atoms with Crippen LogP contribution in [0.5, 0.6) is 0 Å². The molecule has 4 rings (SSSR count). The second-order valence-corrected chi connectivity index (χ2v) is 6.48. The maximum atomic E-state index is 14.6. The summed E-state index contributed by atoms with van der Waals surface area (Å²) in [5.74, 6) is -0.203. The Hall–Kier alpha value is -3.12. The van der Waals surface area contributed by atoms with Crippen molar-refractivity contribution in [3.63, 3.8) is 0 Å². The van der Waals surface area contributed by atoms with E-state index in [2.05, 4.69) is 0 Å². The van der Waals surface area contributed by atoms with E-state index in [1.165, 1.54) is 13.2 Å². The molecule has 0 bridgehead atoms. The van der Waals surface area contributed by atoms with Crippen LogP contribution in [0.2, 0.25) is 0 Å². The van der Waals surface area contributed by atoms with Crippen molar-refractivity contribution in [3.05, 3.63) is 77.0 Å². The number of benzene rings is 2. The SMILES string of the molecule is COC1=C(c2ccccc2)C(=O)O/C1=C\c1ccc(N2CCOCC2)c(F)c1. The molecule has 5 nitrogen and oxygen atoms in total. The van der Waals surface area contributed by atoms with Gasteiger partial charge in [0.05, 0.1) is 26.0 Å². The van der Waals surface area contributed by atoms with Crippen molar-refractivity contribution in [2.24, 2.45) is 0 Å². The van der Waals surface area contributed by atoms with Crippen LogP contribution in [0.25, 0.3) is 11.6 Å². The van der Waals surface area contributed by atoms with E-state index in [-0.39, 0.29) is 11.6 Å². The van der Waals surface area contributed by atoms with Crippen LogP contribution in [0.3, 0.4) is 0 Å². The molecule has 0 aliphatic carbocycles. The van der Waals surface area contributed by atoms with E-state index >= 15 is 0 Å². The zero-order chi connectivity index (χ0) is 19.5. The minimum absolute atomic E-state index is 0.268. The first-order chi connectivity index (χ1) is 13.7. The van der Waals surface area contributed by atoms with Crippen LogP contribution in [-0.4, -0.2) is 39.4 Å². The van der Waals surface area contributed by atoms with Crippen LogP contribution in [0.1, 0.15) is 11.1 Å². The van der Waals surface area contributed by atoms with Gasteiger partial charge in [-0.2, -0.15) is 0 Å². The van der Waals surface area contributed by atoms with Gasteiger partial charge in [0, 0.05) is 13.1 Å². The first-order valence-corrected chi connectivity index (χ1v) is 9.07. The monoisotopic (exact) mass is 381 g/mol. The van der Waals surface area contributed by atoms with Crippen LogP contribution in [-0.2, 0) is 19.0 Å². The van der Waals surface area contributed by atoms with Crippen molar-refractivity contribution >= 4 is 23.3 Å². The molecule has 0 saturated carbocycles. The maximum absolute atomic E-state index is 14.6. The van der Waals surface area contributed by atoms with Crippen molar-refractivity contribution < 1.29 is 23.4 Å². The van der Waals surface area contributed by atoms with E-state index in [9.17, 15) is 9.18 Å². The third kappa shape index (κ3) is 3.51. The van der Waals surface area contributed by atoms with Gasteiger partial charge in [-0.15, -0.1) is 0 Å². The molecule has 2 aromatic rings. The Morgan fingerprint density at radius 1 is 1.11 bits per heavy atom. The zero-order valence-electron chi connectivity index (χ0n) is 15.5. The fourth-order valence-electron chi connectivity index (χ4n) is 3.39. The maximum Gasteiger partial charge on any atom is 0.348 e. The van der Waals surface area contributed by atoms with Crippen molar-refractivity contribution in [3.8, 4) is 0 Å². The van der Waals surface area contributed by atoms with Crippen LogP contribution >= 0.6 is 0 Å². The molecule has 6 heteroatoms. The smallest absolute Gasteiger partial charge is 0.348 e. The quantitative estimate of drug-likeness (QED) is 0.757. The van der Waals surface area contributed by atoms with Gasteiger partial charge in [0.15, 0.2) is 11.5 Å². The van der Waals surface area contributed by atoms with Crippen molar-refractivity contribution in [1.82, 2.24) is 0 Å². The molecule has 144 valence electrons. The summed E-state index contributed by atoms with van der Waals surface area (Å²) in [7, 11) is 1.48. The average Bonchev–Trinajstić information content (AvgIpc) is 3.04. The third-order valence-corrected chi connectivity index (χ3v) is 4.75. The molecule has 2 heterocycles. The highest BCUT2D eigenvalue weighted by Crippen LogP contribution is 2.35. The lowest BCUT2D eigenvalue weighted by molar-refractivity contribution is -0.131. The predicted octanol–water partition coefficient (Wildman–Crippen LogP) is 3.62. The molecule has 2 aliphatic heterocycles. The van der Waals surface area contributed by atoms with Crippen molar-refractivity contribution in [2.75, 3.05) is 38.3 Å². The molecule has 1 saturated heterocycles. The number of carbonyl (C=O) groups is 1. The molecular weight excluding hydrogens is 361 g/mol. The number of hydrogen-bond donors (Lipinski definition) is 0. The molecular formula is C22H20FNO4. The number of morpholine rings is 1. The summed E-state index contributed by atoms with van der Waals surface area (Å²) in [5.41, 5.74) is 2.20. The summed E-state index contributed by atoms with van der Waals surface area (Å²) < 4.78 is 30.8. The van der Waals surface area contributed by atoms with Crippen LogP contribution in [0.15, 0.2) is 60.0 Å². The molecule has 0 amide bonds. The van der Waals surface area contributed by atoms with E-state index in [0.717, 1.165) is 0 Å². The zero-order valence-corrected chi connectivity index (χ0v) is 15.5. The van der Waals surface area contributed by atoms with E-state index in [4.69, 9.17) is 14.2 Å². The molecule has 0 aromatic heterocycles. The number of methoxy groups -OCH3 is 1. The fraction of sp³-hybridized carbons (Fsp3) is 0.227. The molecule has 0 unspecified atom stereocenters. The number of esters is 1. The standard InChI is InChI=1S/C22H20FNO4/c1-26-21-19(28-22(25)20(21)16-5-3-2-4-6-16)14-15-7-8-18(17(23)13-15)24-9-11-27-12-10-24/h2-8,13-14H,9-12H2,1H3/b19-14-. The van der Waals surface area contributed by atoms with Crippen LogP contribution in [0, 0.1) is 5.82 Å². The minimum Gasteiger partial charge on any atom is -0.492 e. The van der Waals surface area contributed by atoms with Gasteiger partial charge < -0.3 is 19.1 Å². The lowest BCUT2D eigenvalue weighted by atomic mass is 10.0. The summed E-state index contributed by atoms with van der Waals surface area (Å²) in [6.45, 7) is 2.49. The Morgan fingerprint density at radius 2 is 1.86 bits per heavy atom. The first kappa shape index (κ1) is 18.3. The highest BCUT2D eigenvalue weighted by molar-refractivity contribution is 6.21. The van der Waals surface area contributed by atoms with Gasteiger partial charge >= 0.3 is 5.97 Å². The van der Waals surface area contributed by atoms with Crippen molar-refractivity contribution in [2.45, 2.75) is 0 Å². The Bertz CT molecular complexity index is 946. The normalized spacial score (nSPS) is 18.6. The summed E-state index contributed by atoms with van der Waals surface area (Å²) >= 11 is 0. The molecule has 0 atom stereocenters.